The van der Waals surface area contributed by atoms with Crippen LogP contribution in [-0.4, -0.2) is 60.5 Å². The van der Waals surface area contributed by atoms with E-state index < -0.39 is 24.1 Å². The number of carbonyl (C=O) groups excluding carboxylic acids is 4. The van der Waals surface area contributed by atoms with E-state index in [0.717, 1.165) is 40.8 Å². The van der Waals surface area contributed by atoms with E-state index in [1.54, 1.807) is 0 Å². The summed E-state index contributed by atoms with van der Waals surface area (Å²) in [7, 11) is 0. The quantitative estimate of drug-likeness (QED) is 0.366. The average Bonchev–Trinajstić information content (AvgIpc) is 3.57. The molecule has 4 bridgehead atoms. The zero-order valence-electron chi connectivity index (χ0n) is 26.9. The minimum atomic E-state index is -1.08. The van der Waals surface area contributed by atoms with Crippen molar-refractivity contribution in [3.8, 4) is 5.75 Å². The molecule has 3 aromatic carbocycles. The Labute approximate surface area is 276 Å². The SMILES string of the molecule is Cc1ccc2cc1CNC(=O)[C@H](CCc1ccccc1)NC(=O)[C@@H](NC(=O)OCc1ccccc1)CCC(=O)N1CCC(CCO2)C1. The molecule has 0 radical (unpaired) electrons. The smallest absolute Gasteiger partial charge is 0.408 e. The third kappa shape index (κ3) is 10.1. The van der Waals surface area contributed by atoms with Gasteiger partial charge < -0.3 is 30.3 Å². The minimum Gasteiger partial charge on any atom is -0.494 e. The van der Waals surface area contributed by atoms with Crippen LogP contribution in [0.15, 0.2) is 78.9 Å². The molecule has 3 aromatic rings. The number of alkyl carbamates (subject to hydrolysis) is 1. The van der Waals surface area contributed by atoms with E-state index in [1.165, 1.54) is 0 Å². The highest BCUT2D eigenvalue weighted by atomic mass is 16.5. The van der Waals surface area contributed by atoms with E-state index in [1.807, 2.05) is 90.7 Å². The number of amides is 4. The van der Waals surface area contributed by atoms with Gasteiger partial charge >= 0.3 is 6.09 Å². The van der Waals surface area contributed by atoms with Gasteiger partial charge in [0.2, 0.25) is 17.7 Å². The van der Waals surface area contributed by atoms with Gasteiger partial charge in [-0.15, -0.1) is 0 Å². The summed E-state index contributed by atoms with van der Waals surface area (Å²) in [6.07, 6.45) is 1.93. The summed E-state index contributed by atoms with van der Waals surface area (Å²) < 4.78 is 11.5. The summed E-state index contributed by atoms with van der Waals surface area (Å²) in [5.74, 6) is 0.0749. The summed E-state index contributed by atoms with van der Waals surface area (Å²) in [5.41, 5.74) is 3.76. The van der Waals surface area contributed by atoms with Gasteiger partial charge in [0, 0.05) is 26.1 Å². The molecule has 47 heavy (non-hydrogen) atoms. The van der Waals surface area contributed by atoms with Crippen LogP contribution in [0.3, 0.4) is 0 Å². The lowest BCUT2D eigenvalue weighted by molar-refractivity contribution is -0.132. The summed E-state index contributed by atoms with van der Waals surface area (Å²) >= 11 is 0. The average molecular weight is 641 g/mol. The van der Waals surface area contributed by atoms with Gasteiger partial charge in [-0.05, 0) is 79.3 Å². The van der Waals surface area contributed by atoms with Crippen LogP contribution in [0.1, 0.15) is 54.4 Å². The Bertz CT molecular complexity index is 1520. The van der Waals surface area contributed by atoms with Crippen LogP contribution in [-0.2, 0) is 38.7 Å². The second-order valence-corrected chi connectivity index (χ2v) is 12.3. The van der Waals surface area contributed by atoms with Crippen LogP contribution in [0, 0.1) is 12.8 Å². The molecule has 2 aliphatic rings. The van der Waals surface area contributed by atoms with Crippen molar-refractivity contribution < 1.29 is 28.7 Å². The molecule has 10 nitrogen and oxygen atoms in total. The molecule has 0 spiro atoms. The first-order chi connectivity index (χ1) is 22.8. The number of nitrogens with zero attached hydrogens (tertiary/aromatic N) is 1. The molecule has 1 fully saturated rings. The van der Waals surface area contributed by atoms with Crippen molar-refractivity contribution in [1.29, 1.82) is 0 Å². The topological polar surface area (TPSA) is 126 Å². The predicted octanol–water partition coefficient (Wildman–Crippen LogP) is 4.44. The molecular weight excluding hydrogens is 596 g/mol. The fourth-order valence-corrected chi connectivity index (χ4v) is 5.97. The number of aryl methyl sites for hydroxylation is 2. The van der Waals surface area contributed by atoms with E-state index in [-0.39, 0.29) is 37.8 Å². The minimum absolute atomic E-state index is 0.0293. The molecule has 0 aromatic heterocycles. The van der Waals surface area contributed by atoms with E-state index in [9.17, 15) is 19.2 Å². The van der Waals surface area contributed by atoms with E-state index in [2.05, 4.69) is 16.0 Å². The molecule has 0 saturated carbocycles. The maximum Gasteiger partial charge on any atom is 0.408 e. The fourth-order valence-electron chi connectivity index (χ4n) is 5.97. The molecule has 4 amide bonds. The van der Waals surface area contributed by atoms with Gasteiger partial charge in [0.25, 0.3) is 0 Å². The second kappa shape index (κ2) is 16.6. The van der Waals surface area contributed by atoms with E-state index in [4.69, 9.17) is 9.47 Å². The Morgan fingerprint density at radius 3 is 2.45 bits per heavy atom. The Kier molecular flexibility index (Phi) is 11.9. The fraction of sp³-hybridized carbons (Fsp3) is 0.405. The Balaban J connectivity index is 1.35. The molecule has 2 aliphatic heterocycles. The van der Waals surface area contributed by atoms with Crippen molar-refractivity contribution in [1.82, 2.24) is 20.9 Å². The summed E-state index contributed by atoms with van der Waals surface area (Å²) in [6, 6.07) is 22.8. The third-order valence-corrected chi connectivity index (χ3v) is 8.87. The number of benzene rings is 3. The third-order valence-electron chi connectivity index (χ3n) is 8.87. The van der Waals surface area contributed by atoms with Crippen molar-refractivity contribution in [3.05, 3.63) is 101 Å². The molecule has 3 atom stereocenters. The molecule has 3 N–H and O–H groups in total. The summed E-state index contributed by atoms with van der Waals surface area (Å²) in [5, 5.41) is 8.53. The number of hydrogen-bond acceptors (Lipinski definition) is 6. The van der Waals surface area contributed by atoms with Crippen molar-refractivity contribution in [2.75, 3.05) is 19.7 Å². The van der Waals surface area contributed by atoms with Gasteiger partial charge in [-0.3, -0.25) is 14.4 Å². The maximum atomic E-state index is 13.8. The van der Waals surface area contributed by atoms with Crippen molar-refractivity contribution >= 4 is 23.8 Å². The lowest BCUT2D eigenvalue weighted by atomic mass is 10.0. The van der Waals surface area contributed by atoms with Crippen LogP contribution >= 0.6 is 0 Å². The van der Waals surface area contributed by atoms with Gasteiger partial charge in [-0.2, -0.15) is 0 Å². The molecule has 0 aliphatic carbocycles. The van der Waals surface area contributed by atoms with Gasteiger partial charge in [-0.25, -0.2) is 4.79 Å². The Morgan fingerprint density at radius 2 is 1.68 bits per heavy atom. The van der Waals surface area contributed by atoms with E-state index >= 15 is 0 Å². The number of rotatable bonds is 6. The van der Waals surface area contributed by atoms with Crippen molar-refractivity contribution in [2.24, 2.45) is 5.92 Å². The molecule has 10 heteroatoms. The van der Waals surface area contributed by atoms with Crippen molar-refractivity contribution in [2.45, 2.75) is 70.7 Å². The first-order valence-electron chi connectivity index (χ1n) is 16.4. The maximum absolute atomic E-state index is 13.8. The Hall–Kier alpha value is -4.86. The first-order valence-corrected chi connectivity index (χ1v) is 16.4. The van der Waals surface area contributed by atoms with Crippen molar-refractivity contribution in [3.63, 3.8) is 0 Å². The Morgan fingerprint density at radius 1 is 0.936 bits per heavy atom. The zero-order valence-corrected chi connectivity index (χ0v) is 26.9. The molecule has 5 rings (SSSR count). The van der Waals surface area contributed by atoms with Crippen LogP contribution < -0.4 is 20.7 Å². The highest BCUT2D eigenvalue weighted by Gasteiger charge is 2.30. The van der Waals surface area contributed by atoms with E-state index in [0.29, 0.717) is 38.5 Å². The number of hydrogen-bond donors (Lipinski definition) is 3. The zero-order chi connectivity index (χ0) is 33.0. The monoisotopic (exact) mass is 640 g/mol. The number of nitrogens with one attached hydrogen (secondary N) is 3. The second-order valence-electron chi connectivity index (χ2n) is 12.3. The molecule has 1 saturated heterocycles. The standard InChI is InChI=1S/C37H44N4O6/c1-26-12-14-31-22-30(26)23-38-35(43)32(15-13-27-8-4-2-5-9-27)39-36(44)33(40-37(45)47-25-29-10-6-3-7-11-29)16-17-34(42)41-20-18-28(24-41)19-21-46-31/h2-12,14,22,28,32-33H,13,15-21,23-25H2,1H3,(H,38,43)(H,39,44)(H,40,45)/t28?,32-,33-/m0/s1. The molecule has 248 valence electrons. The first kappa shape index (κ1) is 33.5. The number of fused-ring (bicyclic) bond motifs is 4. The predicted molar refractivity (Wildman–Crippen MR) is 177 cm³/mol. The highest BCUT2D eigenvalue weighted by Crippen LogP contribution is 2.23. The van der Waals surface area contributed by atoms with Gasteiger partial charge in [-0.1, -0.05) is 66.7 Å². The lowest BCUT2D eigenvalue weighted by Crippen LogP contribution is -2.54. The molecule has 1 unspecified atom stereocenters. The van der Waals surface area contributed by atoms with Gasteiger partial charge in [0.15, 0.2) is 0 Å². The highest BCUT2D eigenvalue weighted by molar-refractivity contribution is 5.91. The van der Waals surface area contributed by atoms with Crippen LogP contribution in [0.2, 0.25) is 0 Å². The summed E-state index contributed by atoms with van der Waals surface area (Å²) in [6.45, 7) is 4.07. The van der Waals surface area contributed by atoms with Gasteiger partial charge in [0.1, 0.15) is 24.4 Å². The summed E-state index contributed by atoms with van der Waals surface area (Å²) in [4.78, 5) is 55.3. The molecule has 2 heterocycles. The largest absolute Gasteiger partial charge is 0.494 e. The van der Waals surface area contributed by atoms with Crippen LogP contribution in [0.5, 0.6) is 5.75 Å². The van der Waals surface area contributed by atoms with Crippen LogP contribution in [0.25, 0.3) is 0 Å². The van der Waals surface area contributed by atoms with Gasteiger partial charge in [0.05, 0.1) is 6.61 Å². The lowest BCUT2D eigenvalue weighted by Gasteiger charge is -2.24. The number of carbonyl (C=O) groups is 4. The normalized spacial score (nSPS) is 20.9. The molecular formula is C37H44N4O6. The van der Waals surface area contributed by atoms with Crippen LogP contribution in [0.4, 0.5) is 4.79 Å². The number of ether oxygens (including phenoxy) is 2.